The third kappa shape index (κ3) is 10.4. The summed E-state index contributed by atoms with van der Waals surface area (Å²) in [4.78, 5) is 23.4. The van der Waals surface area contributed by atoms with E-state index in [0.717, 1.165) is 0 Å². The highest BCUT2D eigenvalue weighted by molar-refractivity contribution is 5.77. The number of methoxy groups -OCH3 is 1. The minimum absolute atomic E-state index is 0.0961. The molecule has 0 aromatic rings. The van der Waals surface area contributed by atoms with Gasteiger partial charge in [-0.1, -0.05) is 6.92 Å². The van der Waals surface area contributed by atoms with Gasteiger partial charge in [0, 0.05) is 31.9 Å². The van der Waals surface area contributed by atoms with Crippen molar-refractivity contribution in [3.8, 4) is 0 Å². The molecule has 0 fully saturated rings. The highest BCUT2D eigenvalue weighted by Crippen LogP contribution is 2.19. The van der Waals surface area contributed by atoms with Crippen LogP contribution in [-0.2, 0) is 23.8 Å². The zero-order valence-electron chi connectivity index (χ0n) is 16.0. The molecule has 0 aromatic carbocycles. The third-order valence-corrected chi connectivity index (χ3v) is 3.47. The molecule has 3 N–H and O–H groups in total. The van der Waals surface area contributed by atoms with Gasteiger partial charge in [0.2, 0.25) is 5.91 Å². The highest BCUT2D eigenvalue weighted by atomic mass is 16.7. The average molecular weight is 363 g/mol. The van der Waals surface area contributed by atoms with Crippen molar-refractivity contribution in [2.75, 3.05) is 26.9 Å². The molecule has 0 heterocycles. The maximum atomic E-state index is 11.7. The van der Waals surface area contributed by atoms with Crippen molar-refractivity contribution in [2.45, 2.75) is 70.8 Å². The molecule has 0 rings (SSSR count). The van der Waals surface area contributed by atoms with Crippen molar-refractivity contribution in [3.63, 3.8) is 0 Å². The number of esters is 1. The van der Waals surface area contributed by atoms with Gasteiger partial charge in [-0.15, -0.1) is 0 Å². The second-order valence-electron chi connectivity index (χ2n) is 6.88. The fraction of sp³-hybridized carbons (Fsp3) is 0.882. The Balaban J connectivity index is 4.19. The number of carbonyl (C=O) groups excluding carboxylic acids is 2. The predicted molar refractivity (Wildman–Crippen MR) is 91.8 cm³/mol. The lowest BCUT2D eigenvalue weighted by Crippen LogP contribution is -2.44. The van der Waals surface area contributed by atoms with E-state index in [2.05, 4.69) is 5.32 Å². The number of ether oxygens (including phenoxy) is 3. The van der Waals surface area contributed by atoms with Crippen LogP contribution in [0.4, 0.5) is 0 Å². The molecule has 0 aliphatic rings. The summed E-state index contributed by atoms with van der Waals surface area (Å²) in [5, 5.41) is 21.5. The van der Waals surface area contributed by atoms with Crippen molar-refractivity contribution < 1.29 is 34.0 Å². The summed E-state index contributed by atoms with van der Waals surface area (Å²) in [5.41, 5.74) is -0.302. The van der Waals surface area contributed by atoms with Gasteiger partial charge in [0.15, 0.2) is 5.79 Å². The Kier molecular flexibility index (Phi) is 10.8. The number of carbonyl (C=O) groups is 2. The lowest BCUT2D eigenvalue weighted by atomic mass is 10.1. The van der Waals surface area contributed by atoms with Crippen molar-refractivity contribution in [3.05, 3.63) is 0 Å². The number of aliphatic hydroxyl groups is 2. The topological polar surface area (TPSA) is 114 Å². The van der Waals surface area contributed by atoms with Crippen LogP contribution in [-0.4, -0.2) is 66.4 Å². The van der Waals surface area contributed by atoms with Gasteiger partial charge in [-0.25, -0.2) is 0 Å². The van der Waals surface area contributed by atoms with E-state index in [-0.39, 0.29) is 44.1 Å². The molecule has 0 bridgehead atoms. The van der Waals surface area contributed by atoms with Gasteiger partial charge in [-0.2, -0.15) is 0 Å². The predicted octanol–water partition coefficient (Wildman–Crippen LogP) is 0.737. The maximum absolute atomic E-state index is 11.7. The third-order valence-electron chi connectivity index (χ3n) is 3.47. The van der Waals surface area contributed by atoms with E-state index in [4.69, 9.17) is 14.2 Å². The summed E-state index contributed by atoms with van der Waals surface area (Å²) in [7, 11) is 1.39. The molecule has 25 heavy (non-hydrogen) atoms. The van der Waals surface area contributed by atoms with Crippen molar-refractivity contribution in [2.24, 2.45) is 0 Å². The summed E-state index contributed by atoms with van der Waals surface area (Å²) < 4.78 is 15.7. The maximum Gasteiger partial charge on any atom is 0.305 e. The molecule has 0 radical (unpaired) electrons. The second-order valence-corrected chi connectivity index (χ2v) is 6.88. The first-order valence-electron chi connectivity index (χ1n) is 8.52. The normalized spacial score (nSPS) is 15.3. The van der Waals surface area contributed by atoms with Crippen LogP contribution in [0.15, 0.2) is 0 Å². The zero-order valence-corrected chi connectivity index (χ0v) is 16.0. The first-order valence-corrected chi connectivity index (χ1v) is 8.52. The van der Waals surface area contributed by atoms with Crippen LogP contribution in [0.5, 0.6) is 0 Å². The Morgan fingerprint density at radius 1 is 1.16 bits per heavy atom. The van der Waals surface area contributed by atoms with E-state index in [9.17, 15) is 19.8 Å². The molecule has 0 spiro atoms. The SMILES string of the molecule is CC[C@@](CO)(OC)OC(CO)COC(=O)CCCC(=O)NC(C)(C)C. The molecule has 8 nitrogen and oxygen atoms in total. The molecule has 0 saturated heterocycles. The highest BCUT2D eigenvalue weighted by Gasteiger charge is 2.32. The molecule has 1 amide bonds. The van der Waals surface area contributed by atoms with E-state index in [1.165, 1.54) is 7.11 Å². The Morgan fingerprint density at radius 3 is 2.24 bits per heavy atom. The zero-order chi connectivity index (χ0) is 19.5. The van der Waals surface area contributed by atoms with E-state index < -0.39 is 17.9 Å². The minimum Gasteiger partial charge on any atom is -0.463 e. The van der Waals surface area contributed by atoms with Gasteiger partial charge in [0.05, 0.1) is 13.2 Å². The monoisotopic (exact) mass is 363 g/mol. The Hall–Kier alpha value is -1.22. The molecular weight excluding hydrogens is 330 g/mol. The Labute approximate surface area is 149 Å². The lowest BCUT2D eigenvalue weighted by Gasteiger charge is -2.32. The van der Waals surface area contributed by atoms with Crippen molar-refractivity contribution in [1.29, 1.82) is 0 Å². The summed E-state index contributed by atoms with van der Waals surface area (Å²) in [6.45, 7) is 6.50. The number of nitrogens with one attached hydrogen (secondary N) is 1. The smallest absolute Gasteiger partial charge is 0.305 e. The van der Waals surface area contributed by atoms with E-state index in [0.29, 0.717) is 12.8 Å². The Morgan fingerprint density at radius 2 is 1.80 bits per heavy atom. The van der Waals surface area contributed by atoms with E-state index >= 15 is 0 Å². The Bertz CT molecular complexity index is 394. The van der Waals surface area contributed by atoms with E-state index in [1.807, 2.05) is 20.8 Å². The molecular formula is C17H33NO7. The average Bonchev–Trinajstić information content (AvgIpc) is 2.54. The summed E-state index contributed by atoms with van der Waals surface area (Å²) >= 11 is 0. The van der Waals surface area contributed by atoms with Crippen LogP contribution in [0.3, 0.4) is 0 Å². The molecule has 0 aliphatic carbocycles. The summed E-state index contributed by atoms with van der Waals surface area (Å²) in [6, 6.07) is 0. The van der Waals surface area contributed by atoms with Crippen LogP contribution in [0.2, 0.25) is 0 Å². The molecule has 0 aliphatic heterocycles. The van der Waals surface area contributed by atoms with Gasteiger partial charge in [-0.05, 0) is 27.2 Å². The molecule has 8 heteroatoms. The molecule has 1 unspecified atom stereocenters. The van der Waals surface area contributed by atoms with Crippen molar-refractivity contribution in [1.82, 2.24) is 5.32 Å². The van der Waals surface area contributed by atoms with Crippen molar-refractivity contribution >= 4 is 11.9 Å². The largest absolute Gasteiger partial charge is 0.463 e. The van der Waals surface area contributed by atoms with Crippen LogP contribution >= 0.6 is 0 Å². The molecule has 148 valence electrons. The van der Waals surface area contributed by atoms with Crippen LogP contribution in [0, 0.1) is 0 Å². The number of amides is 1. The van der Waals surface area contributed by atoms with Gasteiger partial charge in [0.1, 0.15) is 12.7 Å². The van der Waals surface area contributed by atoms with Gasteiger partial charge >= 0.3 is 5.97 Å². The van der Waals surface area contributed by atoms with Crippen LogP contribution in [0.25, 0.3) is 0 Å². The van der Waals surface area contributed by atoms with E-state index in [1.54, 1.807) is 6.92 Å². The molecule has 0 saturated carbocycles. The van der Waals surface area contributed by atoms with Gasteiger partial charge < -0.3 is 29.7 Å². The number of hydrogen-bond donors (Lipinski definition) is 3. The lowest BCUT2D eigenvalue weighted by molar-refractivity contribution is -0.273. The van der Waals surface area contributed by atoms with Gasteiger partial charge in [0.25, 0.3) is 0 Å². The van der Waals surface area contributed by atoms with Crippen LogP contribution < -0.4 is 5.32 Å². The quantitative estimate of drug-likeness (QED) is 0.346. The summed E-state index contributed by atoms with van der Waals surface area (Å²) in [5.74, 6) is -1.83. The minimum atomic E-state index is -1.23. The standard InChI is InChI=1S/C17H33NO7/c1-6-17(12-20,23-5)25-13(10-19)11-24-15(22)9-7-8-14(21)18-16(2,3)4/h13,19-20H,6-12H2,1-5H3,(H,18,21)/t13?,17-/m1/s1. The fourth-order valence-corrected chi connectivity index (χ4v) is 2.05. The first-order chi connectivity index (χ1) is 11.6. The molecule has 2 atom stereocenters. The fourth-order valence-electron chi connectivity index (χ4n) is 2.05. The number of rotatable bonds is 12. The summed E-state index contributed by atoms with van der Waals surface area (Å²) in [6.07, 6.45) is 0.269. The first kappa shape index (κ1) is 23.8. The number of hydrogen-bond acceptors (Lipinski definition) is 7. The molecule has 0 aromatic heterocycles. The van der Waals surface area contributed by atoms with Crippen LogP contribution in [0.1, 0.15) is 53.4 Å². The van der Waals surface area contributed by atoms with Gasteiger partial charge in [-0.3, -0.25) is 9.59 Å². The second kappa shape index (κ2) is 11.4. The number of aliphatic hydroxyl groups excluding tert-OH is 2.